The lowest BCUT2D eigenvalue weighted by molar-refractivity contribution is 0.667. The van der Waals surface area contributed by atoms with Gasteiger partial charge in [0, 0.05) is 33.2 Å². The number of fused-ring (bicyclic) bond motifs is 6. The molecule has 46 heavy (non-hydrogen) atoms. The van der Waals surface area contributed by atoms with Gasteiger partial charge in [0.05, 0.1) is 11.7 Å². The maximum Gasteiger partial charge on any atom is 0.154 e. The summed E-state index contributed by atoms with van der Waals surface area (Å²) in [6.07, 6.45) is 1.84. The van der Waals surface area contributed by atoms with Gasteiger partial charge in [-0.1, -0.05) is 109 Å². The van der Waals surface area contributed by atoms with Crippen molar-refractivity contribution in [2.75, 3.05) is 4.90 Å². The quantitative estimate of drug-likeness (QED) is 0.200. The van der Waals surface area contributed by atoms with Gasteiger partial charge in [-0.05, 0) is 87.6 Å². The number of anilines is 3. The fourth-order valence-electron chi connectivity index (χ4n) is 6.59. The summed E-state index contributed by atoms with van der Waals surface area (Å²) in [5, 5.41) is 5.84. The molecule has 0 atom stereocenters. The lowest BCUT2D eigenvalue weighted by Crippen LogP contribution is -2.09. The van der Waals surface area contributed by atoms with Gasteiger partial charge in [-0.3, -0.25) is 4.98 Å². The van der Waals surface area contributed by atoms with E-state index in [2.05, 4.69) is 157 Å². The van der Waals surface area contributed by atoms with Gasteiger partial charge < -0.3 is 9.32 Å². The van der Waals surface area contributed by atoms with Gasteiger partial charge >= 0.3 is 0 Å². The molecule has 0 fully saturated rings. The molecule has 0 aliphatic rings. The summed E-state index contributed by atoms with van der Waals surface area (Å²) >= 11 is 0. The number of rotatable bonds is 5. The number of nitrogens with zero attached hydrogens (tertiary/aromatic N) is 2. The second-order valence-corrected chi connectivity index (χ2v) is 11.7. The van der Waals surface area contributed by atoms with E-state index in [9.17, 15) is 0 Å². The molecule has 3 nitrogen and oxygen atoms in total. The molecule has 0 amide bonds. The monoisotopic (exact) mass is 588 g/mol. The minimum absolute atomic E-state index is 0.817. The molecule has 0 N–H and O–H groups in total. The Morgan fingerprint density at radius 1 is 0.413 bits per heavy atom. The van der Waals surface area contributed by atoms with E-state index < -0.39 is 0 Å². The Labute approximate surface area is 266 Å². The van der Waals surface area contributed by atoms with Gasteiger partial charge in [0.2, 0.25) is 0 Å². The van der Waals surface area contributed by atoms with E-state index in [0.717, 1.165) is 61.0 Å². The summed E-state index contributed by atoms with van der Waals surface area (Å²) < 4.78 is 6.06. The van der Waals surface area contributed by atoms with E-state index in [1.165, 1.54) is 21.9 Å². The van der Waals surface area contributed by atoms with Gasteiger partial charge in [0.15, 0.2) is 5.58 Å². The maximum atomic E-state index is 6.06. The van der Waals surface area contributed by atoms with Crippen molar-refractivity contribution >= 4 is 60.7 Å². The molecule has 0 spiro atoms. The third-order valence-electron chi connectivity index (χ3n) is 8.89. The molecular formula is C43H28N2O. The van der Waals surface area contributed by atoms with E-state index in [0.29, 0.717) is 0 Å². The molecule has 9 aromatic rings. The van der Waals surface area contributed by atoms with Crippen LogP contribution in [0.15, 0.2) is 174 Å². The van der Waals surface area contributed by atoms with Crippen LogP contribution < -0.4 is 4.90 Å². The molecule has 3 heteroatoms. The average Bonchev–Trinajstić information content (AvgIpc) is 3.52. The zero-order valence-electron chi connectivity index (χ0n) is 25.0. The van der Waals surface area contributed by atoms with Crippen molar-refractivity contribution in [1.82, 2.24) is 4.98 Å². The van der Waals surface area contributed by atoms with E-state index in [1.807, 2.05) is 18.3 Å². The van der Waals surface area contributed by atoms with Crippen LogP contribution in [0.4, 0.5) is 17.1 Å². The summed E-state index contributed by atoms with van der Waals surface area (Å²) in [6, 6.07) is 58.0. The Bertz CT molecular complexity index is 2510. The van der Waals surface area contributed by atoms with Crippen LogP contribution in [0, 0.1) is 0 Å². The number of benzene rings is 7. The smallest absolute Gasteiger partial charge is 0.154 e. The zero-order chi connectivity index (χ0) is 30.5. The van der Waals surface area contributed by atoms with Crippen molar-refractivity contribution in [1.29, 1.82) is 0 Å². The molecule has 216 valence electrons. The Kier molecular flexibility index (Phi) is 6.14. The number of aromatic nitrogens is 1. The van der Waals surface area contributed by atoms with Crippen molar-refractivity contribution < 1.29 is 4.42 Å². The highest BCUT2D eigenvalue weighted by Crippen LogP contribution is 2.38. The molecular weight excluding hydrogens is 560 g/mol. The minimum atomic E-state index is 0.817. The van der Waals surface area contributed by atoms with Crippen LogP contribution in [0.5, 0.6) is 0 Å². The number of para-hydroxylation sites is 2. The number of hydrogen-bond acceptors (Lipinski definition) is 3. The Morgan fingerprint density at radius 3 is 1.76 bits per heavy atom. The predicted molar refractivity (Wildman–Crippen MR) is 192 cm³/mol. The largest absolute Gasteiger partial charge is 0.454 e. The standard InChI is InChI=1S/C43H28N2O/c1-2-10-35(11-3-1)45(36-21-16-30(17-22-36)33-15-14-29-8-4-5-9-32(29)26-33)37-23-18-31(19-24-37)34-20-25-38-40(27-34)44-28-42-43(38)39-12-6-7-13-41(39)46-42/h1-28H. The van der Waals surface area contributed by atoms with Gasteiger partial charge in [-0.15, -0.1) is 0 Å². The topological polar surface area (TPSA) is 29.3 Å². The van der Waals surface area contributed by atoms with Gasteiger partial charge in [-0.2, -0.15) is 0 Å². The minimum Gasteiger partial charge on any atom is -0.454 e. The molecule has 0 radical (unpaired) electrons. The lowest BCUT2D eigenvalue weighted by atomic mass is 10.00. The molecule has 0 aliphatic heterocycles. The molecule has 9 rings (SSSR count). The van der Waals surface area contributed by atoms with E-state index in [1.54, 1.807) is 0 Å². The highest BCUT2D eigenvalue weighted by Gasteiger charge is 2.15. The van der Waals surface area contributed by atoms with Crippen LogP contribution in [-0.2, 0) is 0 Å². The summed E-state index contributed by atoms with van der Waals surface area (Å²) in [6.45, 7) is 0. The van der Waals surface area contributed by atoms with Crippen molar-refractivity contribution in [2.24, 2.45) is 0 Å². The van der Waals surface area contributed by atoms with Crippen LogP contribution in [0.3, 0.4) is 0 Å². The summed E-state index contributed by atoms with van der Waals surface area (Å²) in [5.41, 5.74) is 10.7. The second-order valence-electron chi connectivity index (χ2n) is 11.7. The van der Waals surface area contributed by atoms with Crippen LogP contribution in [0.25, 0.3) is 65.9 Å². The second kappa shape index (κ2) is 10.8. The zero-order valence-corrected chi connectivity index (χ0v) is 25.0. The van der Waals surface area contributed by atoms with Gasteiger partial charge in [0.25, 0.3) is 0 Å². The third-order valence-corrected chi connectivity index (χ3v) is 8.89. The first-order valence-corrected chi connectivity index (χ1v) is 15.5. The van der Waals surface area contributed by atoms with E-state index in [4.69, 9.17) is 9.40 Å². The normalized spacial score (nSPS) is 11.5. The fourth-order valence-corrected chi connectivity index (χ4v) is 6.59. The summed E-state index contributed by atoms with van der Waals surface area (Å²) in [4.78, 5) is 7.06. The molecule has 0 unspecified atom stereocenters. The number of hydrogen-bond donors (Lipinski definition) is 0. The van der Waals surface area contributed by atoms with Crippen molar-refractivity contribution in [2.45, 2.75) is 0 Å². The number of pyridine rings is 1. The molecule has 0 saturated heterocycles. The highest BCUT2D eigenvalue weighted by molar-refractivity contribution is 6.18. The van der Waals surface area contributed by atoms with Crippen molar-refractivity contribution in [3.63, 3.8) is 0 Å². The van der Waals surface area contributed by atoms with E-state index in [-0.39, 0.29) is 0 Å². The van der Waals surface area contributed by atoms with Crippen LogP contribution in [0.1, 0.15) is 0 Å². The Balaban J connectivity index is 1.06. The summed E-state index contributed by atoms with van der Waals surface area (Å²) in [7, 11) is 0. The van der Waals surface area contributed by atoms with Crippen molar-refractivity contribution in [3.05, 3.63) is 170 Å². The van der Waals surface area contributed by atoms with Crippen LogP contribution >= 0.6 is 0 Å². The molecule has 7 aromatic carbocycles. The maximum absolute atomic E-state index is 6.06. The third kappa shape index (κ3) is 4.49. The lowest BCUT2D eigenvalue weighted by Gasteiger charge is -2.26. The first-order valence-electron chi connectivity index (χ1n) is 15.5. The highest BCUT2D eigenvalue weighted by atomic mass is 16.3. The Hall–Kier alpha value is -6.19. The van der Waals surface area contributed by atoms with E-state index >= 15 is 0 Å². The van der Waals surface area contributed by atoms with Crippen LogP contribution in [-0.4, -0.2) is 4.98 Å². The first-order chi connectivity index (χ1) is 22.8. The SMILES string of the molecule is c1ccc(N(c2ccc(-c3ccc4ccccc4c3)cc2)c2ccc(-c3ccc4c(c3)ncc3oc5ccccc5c34)cc2)cc1. The van der Waals surface area contributed by atoms with Gasteiger partial charge in [0.1, 0.15) is 5.58 Å². The Morgan fingerprint density at radius 2 is 1.00 bits per heavy atom. The fraction of sp³-hybridized carbons (Fsp3) is 0. The predicted octanol–water partition coefficient (Wildman–Crippen LogP) is 12.1. The van der Waals surface area contributed by atoms with Crippen molar-refractivity contribution in [3.8, 4) is 22.3 Å². The molecule has 2 heterocycles. The average molecular weight is 589 g/mol. The van der Waals surface area contributed by atoms with Gasteiger partial charge in [-0.25, -0.2) is 0 Å². The van der Waals surface area contributed by atoms with Crippen LogP contribution in [0.2, 0.25) is 0 Å². The molecule has 0 aliphatic carbocycles. The first kappa shape index (κ1) is 26.2. The summed E-state index contributed by atoms with van der Waals surface area (Å²) in [5.74, 6) is 0. The molecule has 0 saturated carbocycles. The molecule has 2 aromatic heterocycles. The number of furan rings is 1. The molecule has 0 bridgehead atoms.